The summed E-state index contributed by atoms with van der Waals surface area (Å²) in [4.78, 5) is 13.9. The molecule has 2 rings (SSSR count). The molecule has 1 aromatic carbocycles. The summed E-state index contributed by atoms with van der Waals surface area (Å²) < 4.78 is 11.3. The number of piperidine rings is 1. The third-order valence-corrected chi connectivity index (χ3v) is 3.55. The summed E-state index contributed by atoms with van der Waals surface area (Å²) in [5, 5.41) is 0. The Bertz CT molecular complexity index is 476. The van der Waals surface area contributed by atoms with Crippen molar-refractivity contribution in [1.82, 2.24) is 4.90 Å². The topological polar surface area (TPSA) is 64.8 Å². The van der Waals surface area contributed by atoms with Gasteiger partial charge in [-0.3, -0.25) is 4.79 Å². The largest absolute Gasteiger partial charge is 0.493 e. The van der Waals surface area contributed by atoms with Gasteiger partial charge in [-0.25, -0.2) is 0 Å². The third-order valence-electron chi connectivity index (χ3n) is 3.55. The molecule has 1 aliphatic heterocycles. The number of likely N-dealkylation sites (tertiary alicyclic amines) is 1. The fourth-order valence-corrected chi connectivity index (χ4v) is 2.45. The third kappa shape index (κ3) is 3.49. The van der Waals surface area contributed by atoms with Crippen molar-refractivity contribution in [2.75, 3.05) is 33.8 Å². The maximum Gasteiger partial charge on any atom is 0.176 e. The molecule has 0 saturated carbocycles. The lowest BCUT2D eigenvalue weighted by Gasteiger charge is -2.30. The van der Waals surface area contributed by atoms with Crippen LogP contribution in [-0.2, 0) is 0 Å². The van der Waals surface area contributed by atoms with Crippen LogP contribution in [0.4, 0.5) is 0 Å². The Morgan fingerprint density at radius 3 is 2.90 bits per heavy atom. The number of benzene rings is 1. The van der Waals surface area contributed by atoms with Crippen LogP contribution in [-0.4, -0.2) is 50.6 Å². The van der Waals surface area contributed by atoms with E-state index in [1.54, 1.807) is 25.3 Å². The zero-order chi connectivity index (χ0) is 14.5. The van der Waals surface area contributed by atoms with E-state index in [4.69, 9.17) is 15.2 Å². The summed E-state index contributed by atoms with van der Waals surface area (Å²) >= 11 is 0. The van der Waals surface area contributed by atoms with E-state index < -0.39 is 0 Å². The van der Waals surface area contributed by atoms with Crippen LogP contribution in [0.3, 0.4) is 0 Å². The average Bonchev–Trinajstić information content (AvgIpc) is 2.47. The zero-order valence-electron chi connectivity index (χ0n) is 12.1. The molecule has 0 aliphatic carbocycles. The highest BCUT2D eigenvalue weighted by Gasteiger charge is 2.20. The molecule has 1 unspecified atom stereocenters. The predicted octanol–water partition coefficient (Wildman–Crippen LogP) is 1.31. The van der Waals surface area contributed by atoms with Gasteiger partial charge in [-0.05, 0) is 44.6 Å². The van der Waals surface area contributed by atoms with Gasteiger partial charge in [0.2, 0.25) is 0 Å². The minimum atomic E-state index is -0.104. The van der Waals surface area contributed by atoms with Crippen molar-refractivity contribution in [3.63, 3.8) is 0 Å². The van der Waals surface area contributed by atoms with E-state index in [0.29, 0.717) is 17.1 Å². The maximum atomic E-state index is 11.6. The molecule has 1 aromatic rings. The number of methoxy groups -OCH3 is 1. The number of ether oxygens (including phenoxy) is 2. The second-order valence-electron chi connectivity index (χ2n) is 5.14. The van der Waals surface area contributed by atoms with Crippen LogP contribution >= 0.6 is 0 Å². The van der Waals surface area contributed by atoms with E-state index in [1.165, 1.54) is 0 Å². The molecule has 2 N–H and O–H groups in total. The lowest BCUT2D eigenvalue weighted by atomic mass is 10.1. The number of nitrogens with zero attached hydrogens (tertiary/aromatic N) is 1. The molecule has 0 radical (unpaired) electrons. The molecule has 1 heterocycles. The van der Waals surface area contributed by atoms with Gasteiger partial charge in [-0.1, -0.05) is 0 Å². The van der Waals surface area contributed by atoms with Crippen LogP contribution in [0.5, 0.6) is 11.5 Å². The molecule has 5 nitrogen and oxygen atoms in total. The van der Waals surface area contributed by atoms with E-state index in [0.717, 1.165) is 25.9 Å². The van der Waals surface area contributed by atoms with Gasteiger partial charge < -0.3 is 20.1 Å². The molecule has 20 heavy (non-hydrogen) atoms. The van der Waals surface area contributed by atoms with E-state index in [2.05, 4.69) is 11.9 Å². The summed E-state index contributed by atoms with van der Waals surface area (Å²) in [5.41, 5.74) is 5.92. The summed E-state index contributed by atoms with van der Waals surface area (Å²) in [6.07, 6.45) is 2.34. The molecular formula is C15H22N2O3. The maximum absolute atomic E-state index is 11.6. The number of rotatable bonds is 5. The van der Waals surface area contributed by atoms with Crippen LogP contribution in [0.1, 0.15) is 23.2 Å². The van der Waals surface area contributed by atoms with Crippen LogP contribution in [0.2, 0.25) is 0 Å². The van der Waals surface area contributed by atoms with Crippen LogP contribution in [0, 0.1) is 0 Å². The quantitative estimate of drug-likeness (QED) is 0.823. The van der Waals surface area contributed by atoms with Crippen molar-refractivity contribution in [2.24, 2.45) is 5.73 Å². The van der Waals surface area contributed by atoms with Crippen LogP contribution in [0.15, 0.2) is 18.2 Å². The van der Waals surface area contributed by atoms with E-state index in [-0.39, 0.29) is 18.4 Å². The molecule has 0 spiro atoms. The summed E-state index contributed by atoms with van der Waals surface area (Å²) in [6.45, 7) is 2.02. The monoisotopic (exact) mass is 278 g/mol. The molecule has 1 aliphatic rings. The Morgan fingerprint density at radius 1 is 1.45 bits per heavy atom. The molecule has 110 valence electrons. The smallest absolute Gasteiger partial charge is 0.176 e. The first kappa shape index (κ1) is 14.8. The predicted molar refractivity (Wildman–Crippen MR) is 77.5 cm³/mol. The minimum absolute atomic E-state index is 0.00320. The van der Waals surface area contributed by atoms with Crippen LogP contribution < -0.4 is 15.2 Å². The molecule has 0 amide bonds. The zero-order valence-corrected chi connectivity index (χ0v) is 12.1. The van der Waals surface area contributed by atoms with Gasteiger partial charge >= 0.3 is 0 Å². The molecular weight excluding hydrogens is 256 g/mol. The van der Waals surface area contributed by atoms with Crippen molar-refractivity contribution in [3.05, 3.63) is 23.8 Å². The summed E-state index contributed by atoms with van der Waals surface area (Å²) in [6, 6.07) is 5.22. The number of Topliss-reactive ketones (excluding diaryl/α,β-unsaturated/α-hetero) is 1. The number of nitrogens with two attached hydrogens (primary N) is 1. The standard InChI is InChI=1S/C15H22N2O3/c1-17-7-3-4-12(10-17)20-14-6-5-11(13(18)9-16)8-15(14)19-2/h5-6,8,12H,3-4,7,9-10,16H2,1-2H3. The first-order valence-electron chi connectivity index (χ1n) is 6.90. The van der Waals surface area contributed by atoms with Crippen molar-refractivity contribution in [1.29, 1.82) is 0 Å². The van der Waals surface area contributed by atoms with Gasteiger partial charge in [0, 0.05) is 12.1 Å². The molecule has 1 fully saturated rings. The highest BCUT2D eigenvalue weighted by molar-refractivity contribution is 5.98. The van der Waals surface area contributed by atoms with E-state index >= 15 is 0 Å². The average molecular weight is 278 g/mol. The van der Waals surface area contributed by atoms with E-state index in [1.807, 2.05) is 0 Å². The highest BCUT2D eigenvalue weighted by Crippen LogP contribution is 2.30. The lowest BCUT2D eigenvalue weighted by molar-refractivity contribution is 0.0995. The summed E-state index contributed by atoms with van der Waals surface area (Å²) in [7, 11) is 3.67. The number of hydrogen-bond acceptors (Lipinski definition) is 5. The number of hydrogen-bond donors (Lipinski definition) is 1. The molecule has 1 atom stereocenters. The second-order valence-corrected chi connectivity index (χ2v) is 5.14. The van der Waals surface area contributed by atoms with Crippen molar-refractivity contribution in [2.45, 2.75) is 18.9 Å². The number of ketones is 1. The Balaban J connectivity index is 2.13. The van der Waals surface area contributed by atoms with Gasteiger partial charge in [0.05, 0.1) is 13.7 Å². The Morgan fingerprint density at radius 2 is 2.25 bits per heavy atom. The first-order valence-corrected chi connectivity index (χ1v) is 6.90. The first-order chi connectivity index (χ1) is 9.63. The van der Waals surface area contributed by atoms with Gasteiger partial charge in [0.15, 0.2) is 17.3 Å². The normalized spacial score (nSPS) is 19.6. The van der Waals surface area contributed by atoms with E-state index in [9.17, 15) is 4.79 Å². The molecule has 1 saturated heterocycles. The summed E-state index contributed by atoms with van der Waals surface area (Å²) in [5.74, 6) is 1.16. The number of carbonyl (C=O) groups is 1. The highest BCUT2D eigenvalue weighted by atomic mass is 16.5. The van der Waals surface area contributed by atoms with Gasteiger partial charge in [0.25, 0.3) is 0 Å². The second kappa shape index (κ2) is 6.72. The van der Waals surface area contributed by atoms with Gasteiger partial charge in [0.1, 0.15) is 6.10 Å². The van der Waals surface area contributed by atoms with Crippen molar-refractivity contribution in [3.8, 4) is 11.5 Å². The molecule has 0 bridgehead atoms. The van der Waals surface area contributed by atoms with Crippen LogP contribution in [0.25, 0.3) is 0 Å². The molecule has 0 aromatic heterocycles. The Kier molecular flexibility index (Phi) is 4.98. The fraction of sp³-hybridized carbons (Fsp3) is 0.533. The number of carbonyl (C=O) groups excluding carboxylic acids is 1. The molecule has 5 heteroatoms. The van der Waals surface area contributed by atoms with Gasteiger partial charge in [-0.2, -0.15) is 0 Å². The fourth-order valence-electron chi connectivity index (χ4n) is 2.45. The van der Waals surface area contributed by atoms with Crippen molar-refractivity contribution >= 4 is 5.78 Å². The van der Waals surface area contributed by atoms with Gasteiger partial charge in [-0.15, -0.1) is 0 Å². The Labute approximate surface area is 119 Å². The lowest BCUT2D eigenvalue weighted by Crippen LogP contribution is -2.38. The number of likely N-dealkylation sites (N-methyl/N-ethyl adjacent to an activating group) is 1. The minimum Gasteiger partial charge on any atom is -0.493 e. The SMILES string of the molecule is COc1cc(C(=O)CN)ccc1OC1CCCN(C)C1. The Hall–Kier alpha value is -1.59. The van der Waals surface area contributed by atoms with Crippen molar-refractivity contribution < 1.29 is 14.3 Å².